The highest BCUT2D eigenvalue weighted by atomic mass is 16.6. The molecule has 0 aliphatic heterocycles. The molecule has 0 aliphatic rings. The number of hydrogen-bond donors (Lipinski definition) is 0. The first kappa shape index (κ1) is 20.5. The van der Waals surface area contributed by atoms with E-state index in [1.54, 1.807) is 0 Å². The topological polar surface area (TPSA) is 75.1 Å². The van der Waals surface area contributed by atoms with Gasteiger partial charge in [0.1, 0.15) is 5.60 Å². The SMILES string of the molecule is CC(C=Cc1ccc(CN=[N+]=[N-])cc1)CCC=CC(=O)OC(C)(C)C. The molecule has 1 aromatic carbocycles. The molecule has 5 nitrogen and oxygen atoms in total. The molecule has 1 rings (SSSR count). The maximum absolute atomic E-state index is 11.6. The molecule has 0 heterocycles. The van der Waals surface area contributed by atoms with Crippen LogP contribution in [-0.4, -0.2) is 11.6 Å². The molecule has 0 saturated heterocycles. The van der Waals surface area contributed by atoms with Crippen molar-refractivity contribution in [2.24, 2.45) is 11.0 Å². The normalized spacial score (nSPS) is 13.0. The molecule has 0 aliphatic carbocycles. The first-order valence-corrected chi connectivity index (χ1v) is 8.47. The minimum absolute atomic E-state index is 0.295. The summed E-state index contributed by atoms with van der Waals surface area (Å²) in [6.45, 7) is 8.09. The number of carbonyl (C=O) groups is 1. The van der Waals surface area contributed by atoms with Crippen LogP contribution in [-0.2, 0) is 16.1 Å². The van der Waals surface area contributed by atoms with E-state index in [4.69, 9.17) is 10.3 Å². The third kappa shape index (κ3) is 10.0. The Balaban J connectivity index is 2.38. The molecule has 0 saturated carbocycles. The maximum Gasteiger partial charge on any atom is 0.330 e. The molecule has 1 atom stereocenters. The van der Waals surface area contributed by atoms with Crippen molar-refractivity contribution in [3.8, 4) is 0 Å². The Bertz CT molecular complexity index is 649. The van der Waals surface area contributed by atoms with Gasteiger partial charge in [0.15, 0.2) is 0 Å². The Morgan fingerprint density at radius 1 is 1.32 bits per heavy atom. The lowest BCUT2D eigenvalue weighted by Crippen LogP contribution is -2.22. The summed E-state index contributed by atoms with van der Waals surface area (Å²) in [4.78, 5) is 14.3. The summed E-state index contributed by atoms with van der Waals surface area (Å²) in [7, 11) is 0. The van der Waals surface area contributed by atoms with Gasteiger partial charge in [-0.3, -0.25) is 0 Å². The van der Waals surface area contributed by atoms with Crippen LogP contribution in [0.4, 0.5) is 0 Å². The summed E-state index contributed by atoms with van der Waals surface area (Å²) in [5.74, 6) is 0.114. The predicted molar refractivity (Wildman–Crippen MR) is 102 cm³/mol. The summed E-state index contributed by atoms with van der Waals surface area (Å²) < 4.78 is 5.22. The Hall–Kier alpha value is -2.52. The number of rotatable bonds is 8. The second kappa shape index (κ2) is 10.4. The van der Waals surface area contributed by atoms with Crippen LogP contribution >= 0.6 is 0 Å². The van der Waals surface area contributed by atoms with Crippen molar-refractivity contribution >= 4 is 12.0 Å². The minimum atomic E-state index is -0.450. The molecule has 0 fully saturated rings. The number of carbonyl (C=O) groups excluding carboxylic acids is 1. The second-order valence-corrected chi connectivity index (χ2v) is 6.98. The summed E-state index contributed by atoms with van der Waals surface area (Å²) in [6, 6.07) is 7.94. The average Bonchev–Trinajstić information content (AvgIpc) is 2.54. The first-order chi connectivity index (χ1) is 11.8. The summed E-state index contributed by atoms with van der Waals surface area (Å²) in [6.07, 6.45) is 9.40. The molecule has 134 valence electrons. The highest BCUT2D eigenvalue weighted by Gasteiger charge is 2.13. The number of hydrogen-bond acceptors (Lipinski definition) is 3. The van der Waals surface area contributed by atoms with Gasteiger partial charge in [0.25, 0.3) is 0 Å². The zero-order valence-electron chi connectivity index (χ0n) is 15.5. The fraction of sp³-hybridized carbons (Fsp3) is 0.450. The van der Waals surface area contributed by atoms with Crippen LogP contribution in [0.2, 0.25) is 0 Å². The minimum Gasteiger partial charge on any atom is -0.457 e. The molecule has 0 amide bonds. The zero-order valence-corrected chi connectivity index (χ0v) is 15.5. The number of benzene rings is 1. The Kier molecular flexibility index (Phi) is 8.51. The quantitative estimate of drug-likeness (QED) is 0.196. The third-order valence-corrected chi connectivity index (χ3v) is 3.36. The lowest BCUT2D eigenvalue weighted by atomic mass is 10.0. The van der Waals surface area contributed by atoms with E-state index in [2.05, 4.69) is 29.1 Å². The maximum atomic E-state index is 11.6. The Labute approximate surface area is 150 Å². The molecule has 5 heteroatoms. The predicted octanol–water partition coefficient (Wildman–Crippen LogP) is 5.82. The van der Waals surface area contributed by atoms with Gasteiger partial charge >= 0.3 is 5.97 Å². The molecular weight excluding hydrogens is 314 g/mol. The number of esters is 1. The van der Waals surface area contributed by atoms with Gasteiger partial charge in [0, 0.05) is 11.0 Å². The van der Waals surface area contributed by atoms with E-state index in [0.29, 0.717) is 12.5 Å². The van der Waals surface area contributed by atoms with Gasteiger partial charge in [-0.05, 0) is 56.2 Å². The van der Waals surface area contributed by atoms with E-state index < -0.39 is 5.60 Å². The molecule has 1 aromatic rings. The van der Waals surface area contributed by atoms with Gasteiger partial charge in [0.2, 0.25) is 0 Å². The smallest absolute Gasteiger partial charge is 0.330 e. The van der Waals surface area contributed by atoms with Crippen LogP contribution in [0.25, 0.3) is 16.5 Å². The molecular formula is C20H27N3O2. The fourth-order valence-electron chi connectivity index (χ4n) is 2.09. The average molecular weight is 341 g/mol. The van der Waals surface area contributed by atoms with Crippen molar-refractivity contribution in [2.75, 3.05) is 0 Å². The van der Waals surface area contributed by atoms with Gasteiger partial charge in [-0.1, -0.05) is 54.5 Å². The van der Waals surface area contributed by atoms with Crippen molar-refractivity contribution in [1.82, 2.24) is 0 Å². The third-order valence-electron chi connectivity index (χ3n) is 3.36. The molecule has 1 unspecified atom stereocenters. The lowest BCUT2D eigenvalue weighted by molar-refractivity contribution is -0.148. The monoisotopic (exact) mass is 341 g/mol. The van der Waals surface area contributed by atoms with E-state index in [9.17, 15) is 4.79 Å². The molecule has 0 aromatic heterocycles. The standard InChI is InChI=1S/C20H27N3O2/c1-16(7-5-6-8-19(24)25-20(2,3)4)9-10-17-11-13-18(14-12-17)15-22-23-21/h6,8-14,16H,5,7,15H2,1-4H3. The summed E-state index contributed by atoms with van der Waals surface area (Å²) in [5.41, 5.74) is 9.97. The fourth-order valence-corrected chi connectivity index (χ4v) is 2.09. The number of nitrogens with zero attached hydrogens (tertiary/aromatic N) is 3. The molecule has 0 radical (unpaired) electrons. The van der Waals surface area contributed by atoms with Crippen molar-refractivity contribution in [3.63, 3.8) is 0 Å². The van der Waals surface area contributed by atoms with Crippen molar-refractivity contribution < 1.29 is 9.53 Å². The van der Waals surface area contributed by atoms with Crippen LogP contribution < -0.4 is 0 Å². The van der Waals surface area contributed by atoms with E-state index in [-0.39, 0.29) is 5.97 Å². The van der Waals surface area contributed by atoms with Crippen LogP contribution in [0, 0.1) is 5.92 Å². The Morgan fingerprint density at radius 3 is 2.60 bits per heavy atom. The van der Waals surface area contributed by atoms with Crippen LogP contribution in [0.15, 0.2) is 47.6 Å². The molecule has 0 N–H and O–H groups in total. The molecule has 0 spiro atoms. The lowest BCUT2D eigenvalue weighted by Gasteiger charge is -2.17. The first-order valence-electron chi connectivity index (χ1n) is 8.47. The van der Waals surface area contributed by atoms with Crippen molar-refractivity contribution in [2.45, 2.75) is 52.7 Å². The van der Waals surface area contributed by atoms with E-state index in [0.717, 1.165) is 24.0 Å². The van der Waals surface area contributed by atoms with Crippen LogP contribution in [0.3, 0.4) is 0 Å². The zero-order chi connectivity index (χ0) is 18.7. The largest absolute Gasteiger partial charge is 0.457 e. The van der Waals surface area contributed by atoms with Gasteiger partial charge < -0.3 is 4.74 Å². The van der Waals surface area contributed by atoms with E-state index in [1.165, 1.54) is 6.08 Å². The van der Waals surface area contributed by atoms with Crippen molar-refractivity contribution in [1.29, 1.82) is 0 Å². The number of ether oxygens (including phenoxy) is 1. The summed E-state index contributed by atoms with van der Waals surface area (Å²) >= 11 is 0. The van der Waals surface area contributed by atoms with Crippen molar-refractivity contribution in [3.05, 3.63) is 64.1 Å². The van der Waals surface area contributed by atoms with E-state index in [1.807, 2.05) is 51.1 Å². The number of azide groups is 1. The van der Waals surface area contributed by atoms with Gasteiger partial charge in [-0.15, -0.1) is 0 Å². The van der Waals surface area contributed by atoms with Crippen LogP contribution in [0.1, 0.15) is 51.7 Å². The van der Waals surface area contributed by atoms with Gasteiger partial charge in [-0.25, -0.2) is 4.79 Å². The van der Waals surface area contributed by atoms with E-state index >= 15 is 0 Å². The molecule has 25 heavy (non-hydrogen) atoms. The number of allylic oxidation sites excluding steroid dienone is 2. The highest BCUT2D eigenvalue weighted by Crippen LogP contribution is 2.13. The van der Waals surface area contributed by atoms with Gasteiger partial charge in [0.05, 0.1) is 6.54 Å². The van der Waals surface area contributed by atoms with Gasteiger partial charge in [-0.2, -0.15) is 0 Å². The second-order valence-electron chi connectivity index (χ2n) is 6.98. The highest BCUT2D eigenvalue weighted by molar-refractivity contribution is 5.82. The van der Waals surface area contributed by atoms with Crippen LogP contribution in [0.5, 0.6) is 0 Å². The molecule has 0 bridgehead atoms. The summed E-state index contributed by atoms with van der Waals surface area (Å²) in [5, 5.41) is 3.54. The Morgan fingerprint density at radius 2 is 2.00 bits per heavy atom.